The molecule has 0 aromatic rings. The molecule has 60 valence electrons. The molecular weight excluding hydrogens is 154 g/mol. The zero-order chi connectivity index (χ0) is 7.72. The predicted octanol–water partition coefficient (Wildman–Crippen LogP) is -1.68. The van der Waals surface area contributed by atoms with E-state index in [-0.39, 0.29) is 6.54 Å². The Hall–Kier alpha value is 0.190. The number of rotatable bonds is 1. The lowest BCUT2D eigenvalue weighted by molar-refractivity contribution is 0.0274. The zero-order valence-corrected chi connectivity index (χ0v) is 6.24. The summed E-state index contributed by atoms with van der Waals surface area (Å²) in [6.45, 7) is 0.204. The minimum Gasteiger partial charge on any atom is -0.388 e. The van der Waals surface area contributed by atoms with E-state index < -0.39 is 23.7 Å². The van der Waals surface area contributed by atoms with Crippen LogP contribution in [0.15, 0.2) is 0 Å². The topological polar surface area (TPSA) is 75.7 Å². The maximum atomic E-state index is 9.12. The van der Waals surface area contributed by atoms with Gasteiger partial charge in [-0.1, -0.05) is 0 Å². The molecule has 0 bridgehead atoms. The molecule has 4 nitrogen and oxygen atoms in total. The minimum absolute atomic E-state index is 0.204. The molecule has 0 aromatic heterocycles. The van der Waals surface area contributed by atoms with Gasteiger partial charge in [-0.05, 0) is 0 Å². The number of hydrogen-bond donors (Lipinski definition) is 4. The predicted molar refractivity (Wildman–Crippen MR) is 38.7 cm³/mol. The van der Waals surface area contributed by atoms with Gasteiger partial charge in [0.15, 0.2) is 0 Å². The van der Waals surface area contributed by atoms with Gasteiger partial charge in [-0.2, -0.15) is 0 Å². The van der Waals surface area contributed by atoms with Crippen LogP contribution in [0.3, 0.4) is 0 Å². The molecule has 4 atom stereocenters. The molecule has 0 amide bonds. The first-order valence-corrected chi connectivity index (χ1v) is 3.58. The van der Waals surface area contributed by atoms with Crippen LogP contribution in [-0.2, 0) is 4.74 Å². The van der Waals surface area contributed by atoms with E-state index in [1.54, 1.807) is 0 Å². The fourth-order valence-electron chi connectivity index (χ4n) is 0.924. The number of aliphatic hydroxyl groups is 2. The lowest BCUT2D eigenvalue weighted by atomic mass is 10.1. The summed E-state index contributed by atoms with van der Waals surface area (Å²) in [4.78, 5) is 0. The third-order valence-electron chi connectivity index (χ3n) is 1.57. The summed E-state index contributed by atoms with van der Waals surface area (Å²) >= 11 is 3.87. The fourth-order valence-corrected chi connectivity index (χ4v) is 1.26. The van der Waals surface area contributed by atoms with Crippen molar-refractivity contribution in [3.63, 3.8) is 0 Å². The summed E-state index contributed by atoms with van der Waals surface area (Å²) in [5, 5.41) is 18.2. The Morgan fingerprint density at radius 2 is 2.00 bits per heavy atom. The number of thiol groups is 1. The first kappa shape index (κ1) is 8.29. The highest BCUT2D eigenvalue weighted by Gasteiger charge is 2.39. The van der Waals surface area contributed by atoms with Gasteiger partial charge in [0.1, 0.15) is 17.6 Å². The van der Waals surface area contributed by atoms with Crippen LogP contribution in [0.5, 0.6) is 0 Å². The van der Waals surface area contributed by atoms with Gasteiger partial charge in [0.25, 0.3) is 0 Å². The molecule has 4 unspecified atom stereocenters. The molecule has 5 heteroatoms. The van der Waals surface area contributed by atoms with E-state index in [2.05, 4.69) is 12.6 Å². The van der Waals surface area contributed by atoms with E-state index in [9.17, 15) is 0 Å². The second-order valence-corrected chi connectivity index (χ2v) is 2.79. The van der Waals surface area contributed by atoms with Crippen molar-refractivity contribution in [2.24, 2.45) is 5.73 Å². The standard InChI is InChI=1S/C5H11NO3S/c6-1-2-3(7)4(8)5(10)9-2/h2-5,7-8,10H,1,6H2. The van der Waals surface area contributed by atoms with Gasteiger partial charge >= 0.3 is 0 Å². The summed E-state index contributed by atoms with van der Waals surface area (Å²) in [5.41, 5.74) is 4.61. The van der Waals surface area contributed by atoms with E-state index >= 15 is 0 Å². The van der Waals surface area contributed by atoms with E-state index in [1.165, 1.54) is 0 Å². The van der Waals surface area contributed by atoms with Gasteiger partial charge in [0.05, 0.1) is 6.10 Å². The Morgan fingerprint density at radius 1 is 1.40 bits per heavy atom. The summed E-state index contributed by atoms with van der Waals surface area (Å²) < 4.78 is 4.97. The SMILES string of the molecule is NCC1OC(S)C(O)C1O. The average molecular weight is 165 g/mol. The van der Waals surface area contributed by atoms with Crippen molar-refractivity contribution in [1.29, 1.82) is 0 Å². The van der Waals surface area contributed by atoms with Crippen molar-refractivity contribution in [2.45, 2.75) is 23.7 Å². The summed E-state index contributed by atoms with van der Waals surface area (Å²) in [6.07, 6.45) is -2.29. The molecule has 0 saturated carbocycles. The summed E-state index contributed by atoms with van der Waals surface area (Å²) in [5.74, 6) is 0. The molecule has 0 radical (unpaired) electrons. The fraction of sp³-hybridized carbons (Fsp3) is 1.00. The third-order valence-corrected chi connectivity index (χ3v) is 2.00. The molecule has 1 heterocycles. The zero-order valence-electron chi connectivity index (χ0n) is 5.34. The first-order valence-electron chi connectivity index (χ1n) is 3.06. The number of ether oxygens (including phenoxy) is 1. The Bertz CT molecular complexity index is 123. The number of aliphatic hydroxyl groups excluding tert-OH is 2. The van der Waals surface area contributed by atoms with Crippen LogP contribution in [0.2, 0.25) is 0 Å². The molecule has 0 aliphatic carbocycles. The van der Waals surface area contributed by atoms with Crippen molar-refractivity contribution in [3.8, 4) is 0 Å². The van der Waals surface area contributed by atoms with Gasteiger partial charge in [-0.15, -0.1) is 12.6 Å². The van der Waals surface area contributed by atoms with Gasteiger partial charge in [0.2, 0.25) is 0 Å². The van der Waals surface area contributed by atoms with Crippen LogP contribution in [0.4, 0.5) is 0 Å². The van der Waals surface area contributed by atoms with E-state index in [1.807, 2.05) is 0 Å². The Labute approximate surface area is 64.4 Å². The monoisotopic (exact) mass is 165 g/mol. The molecule has 1 aliphatic rings. The van der Waals surface area contributed by atoms with E-state index in [0.29, 0.717) is 0 Å². The van der Waals surface area contributed by atoms with Gasteiger partial charge < -0.3 is 20.7 Å². The highest BCUT2D eigenvalue weighted by Crippen LogP contribution is 2.22. The molecule has 4 N–H and O–H groups in total. The first-order chi connectivity index (χ1) is 4.66. The lowest BCUT2D eigenvalue weighted by Gasteiger charge is -2.10. The molecule has 0 spiro atoms. The maximum absolute atomic E-state index is 9.12. The highest BCUT2D eigenvalue weighted by atomic mass is 32.1. The van der Waals surface area contributed by atoms with Crippen molar-refractivity contribution in [3.05, 3.63) is 0 Å². The van der Waals surface area contributed by atoms with Crippen LogP contribution in [0.25, 0.3) is 0 Å². The van der Waals surface area contributed by atoms with Crippen molar-refractivity contribution in [1.82, 2.24) is 0 Å². The second-order valence-electron chi connectivity index (χ2n) is 2.28. The minimum atomic E-state index is -0.920. The quantitative estimate of drug-likeness (QED) is 0.350. The maximum Gasteiger partial charge on any atom is 0.129 e. The van der Waals surface area contributed by atoms with Gasteiger partial charge in [-0.3, -0.25) is 0 Å². The normalized spacial score (nSPS) is 48.0. The van der Waals surface area contributed by atoms with Crippen LogP contribution in [-0.4, -0.2) is 40.5 Å². The van der Waals surface area contributed by atoms with Crippen LogP contribution in [0.1, 0.15) is 0 Å². The summed E-state index contributed by atoms with van der Waals surface area (Å²) in [7, 11) is 0. The molecule has 1 saturated heterocycles. The molecule has 1 aliphatic heterocycles. The molecule has 0 aromatic carbocycles. The van der Waals surface area contributed by atoms with Crippen LogP contribution < -0.4 is 5.73 Å². The van der Waals surface area contributed by atoms with E-state index in [4.69, 9.17) is 20.7 Å². The van der Waals surface area contributed by atoms with E-state index in [0.717, 1.165) is 0 Å². The lowest BCUT2D eigenvalue weighted by Crippen LogP contribution is -2.35. The molecule has 1 rings (SSSR count). The number of nitrogens with two attached hydrogens (primary N) is 1. The van der Waals surface area contributed by atoms with Crippen molar-refractivity contribution < 1.29 is 14.9 Å². The molecule has 10 heavy (non-hydrogen) atoms. The van der Waals surface area contributed by atoms with Gasteiger partial charge in [-0.25, -0.2) is 0 Å². The molecular formula is C5H11NO3S. The number of hydrogen-bond acceptors (Lipinski definition) is 5. The Kier molecular flexibility index (Phi) is 2.54. The molecule has 1 fully saturated rings. The van der Waals surface area contributed by atoms with Crippen LogP contribution in [0, 0.1) is 0 Å². The average Bonchev–Trinajstić information content (AvgIpc) is 2.17. The third kappa shape index (κ3) is 1.28. The summed E-state index contributed by atoms with van der Waals surface area (Å²) in [6, 6.07) is 0. The largest absolute Gasteiger partial charge is 0.388 e. The Balaban J connectivity index is 2.53. The van der Waals surface area contributed by atoms with Crippen LogP contribution >= 0.6 is 12.6 Å². The smallest absolute Gasteiger partial charge is 0.129 e. The van der Waals surface area contributed by atoms with Crippen molar-refractivity contribution in [2.75, 3.05) is 6.54 Å². The Morgan fingerprint density at radius 3 is 2.20 bits per heavy atom. The second kappa shape index (κ2) is 3.06. The van der Waals surface area contributed by atoms with Gasteiger partial charge in [0, 0.05) is 6.54 Å². The highest BCUT2D eigenvalue weighted by molar-refractivity contribution is 7.80. The van der Waals surface area contributed by atoms with Crippen molar-refractivity contribution >= 4 is 12.6 Å².